The fourth-order valence-electron chi connectivity index (χ4n) is 1.75. The van der Waals surface area contributed by atoms with E-state index in [4.69, 9.17) is 9.47 Å². The maximum Gasteiger partial charge on any atom is 0.320 e. The molecule has 0 spiro atoms. The summed E-state index contributed by atoms with van der Waals surface area (Å²) in [6, 6.07) is 7.20. The Morgan fingerprint density at radius 3 is 2.00 bits per heavy atom. The van der Waals surface area contributed by atoms with E-state index in [1.807, 2.05) is 19.1 Å². The molecule has 21 heavy (non-hydrogen) atoms. The van der Waals surface area contributed by atoms with E-state index < -0.39 is 17.9 Å². The second-order valence-electron chi connectivity index (χ2n) is 4.12. The van der Waals surface area contributed by atoms with Crippen molar-refractivity contribution in [1.82, 2.24) is 0 Å². The van der Waals surface area contributed by atoms with Gasteiger partial charge in [-0.05, 0) is 19.1 Å². The lowest BCUT2D eigenvalue weighted by Crippen LogP contribution is -2.28. The topological polar surface area (TPSA) is 71.1 Å². The van der Waals surface area contributed by atoms with Crippen molar-refractivity contribution in [3.8, 4) is 11.5 Å². The second kappa shape index (κ2) is 8.84. The summed E-state index contributed by atoms with van der Waals surface area (Å²) >= 11 is 0. The molecule has 0 saturated heterocycles. The van der Waals surface area contributed by atoms with Crippen molar-refractivity contribution in [2.75, 3.05) is 27.4 Å². The molecular formula is C15H20O6. The first-order valence-electron chi connectivity index (χ1n) is 6.64. The molecule has 0 aromatic heterocycles. The van der Waals surface area contributed by atoms with Gasteiger partial charge in [-0.25, -0.2) is 0 Å². The van der Waals surface area contributed by atoms with Crippen LogP contribution in [0.1, 0.15) is 13.3 Å². The summed E-state index contributed by atoms with van der Waals surface area (Å²) in [5.74, 6) is -1.08. The van der Waals surface area contributed by atoms with E-state index in [1.54, 1.807) is 12.1 Å². The van der Waals surface area contributed by atoms with E-state index in [0.29, 0.717) is 18.1 Å². The number of benzene rings is 1. The summed E-state index contributed by atoms with van der Waals surface area (Å²) in [7, 11) is 2.45. The van der Waals surface area contributed by atoms with Crippen molar-refractivity contribution in [3.63, 3.8) is 0 Å². The summed E-state index contributed by atoms with van der Waals surface area (Å²) in [6.07, 6.45) is 0.166. The Balaban J connectivity index is 2.62. The Kier molecular flexibility index (Phi) is 7.08. The lowest BCUT2D eigenvalue weighted by Gasteiger charge is -2.14. The molecule has 0 bridgehead atoms. The van der Waals surface area contributed by atoms with Gasteiger partial charge in [0.15, 0.2) is 17.4 Å². The lowest BCUT2D eigenvalue weighted by atomic mass is 10.1. The summed E-state index contributed by atoms with van der Waals surface area (Å²) in [6.45, 7) is 2.56. The molecule has 0 aliphatic carbocycles. The van der Waals surface area contributed by atoms with Gasteiger partial charge in [0.2, 0.25) is 0 Å². The van der Waals surface area contributed by atoms with Crippen LogP contribution in [0.5, 0.6) is 11.5 Å². The highest BCUT2D eigenvalue weighted by molar-refractivity contribution is 5.94. The van der Waals surface area contributed by atoms with Crippen LogP contribution in [0.3, 0.4) is 0 Å². The van der Waals surface area contributed by atoms with Gasteiger partial charge in [-0.2, -0.15) is 0 Å². The molecule has 0 amide bonds. The van der Waals surface area contributed by atoms with Crippen LogP contribution in [0.25, 0.3) is 0 Å². The molecule has 0 heterocycles. The quantitative estimate of drug-likeness (QED) is 0.538. The molecule has 116 valence electrons. The fraction of sp³-hybridized carbons (Fsp3) is 0.467. The van der Waals surface area contributed by atoms with E-state index in [0.717, 1.165) is 0 Å². The molecule has 0 radical (unpaired) electrons. The summed E-state index contributed by atoms with van der Waals surface area (Å²) < 4.78 is 20.2. The molecule has 6 heteroatoms. The zero-order valence-corrected chi connectivity index (χ0v) is 12.5. The minimum atomic E-state index is -0.987. The third-order valence-electron chi connectivity index (χ3n) is 2.78. The van der Waals surface area contributed by atoms with Gasteiger partial charge in [-0.3, -0.25) is 9.59 Å². The Hall–Kier alpha value is -2.24. The van der Waals surface area contributed by atoms with Gasteiger partial charge in [0.1, 0.15) is 0 Å². The Labute approximate surface area is 123 Å². The van der Waals surface area contributed by atoms with E-state index in [2.05, 4.69) is 9.47 Å². The maximum absolute atomic E-state index is 11.5. The third kappa shape index (κ3) is 4.98. The summed E-state index contributed by atoms with van der Waals surface area (Å²) in [5.41, 5.74) is 0. The van der Waals surface area contributed by atoms with Gasteiger partial charge < -0.3 is 18.9 Å². The Morgan fingerprint density at radius 1 is 1.00 bits per heavy atom. The number of esters is 2. The molecule has 0 unspecified atom stereocenters. The van der Waals surface area contributed by atoms with E-state index >= 15 is 0 Å². The van der Waals surface area contributed by atoms with Crippen molar-refractivity contribution < 1.29 is 28.5 Å². The van der Waals surface area contributed by atoms with Crippen molar-refractivity contribution in [3.05, 3.63) is 24.3 Å². The van der Waals surface area contributed by atoms with E-state index in [9.17, 15) is 9.59 Å². The molecule has 1 aromatic carbocycles. The maximum atomic E-state index is 11.5. The van der Waals surface area contributed by atoms with Crippen LogP contribution >= 0.6 is 0 Å². The van der Waals surface area contributed by atoms with E-state index in [-0.39, 0.29) is 13.0 Å². The van der Waals surface area contributed by atoms with Crippen LogP contribution < -0.4 is 9.47 Å². The summed E-state index contributed by atoms with van der Waals surface area (Å²) in [4.78, 5) is 23.0. The first-order chi connectivity index (χ1) is 10.1. The van der Waals surface area contributed by atoms with Gasteiger partial charge in [-0.15, -0.1) is 0 Å². The molecule has 0 N–H and O–H groups in total. The van der Waals surface area contributed by atoms with Crippen LogP contribution in [0.15, 0.2) is 24.3 Å². The number of para-hydroxylation sites is 2. The minimum Gasteiger partial charge on any atom is -0.490 e. The Bertz CT molecular complexity index is 455. The van der Waals surface area contributed by atoms with Crippen LogP contribution in [-0.4, -0.2) is 39.4 Å². The molecular weight excluding hydrogens is 276 g/mol. The van der Waals surface area contributed by atoms with E-state index in [1.165, 1.54) is 14.2 Å². The number of ether oxygens (including phenoxy) is 4. The highest BCUT2D eigenvalue weighted by Crippen LogP contribution is 2.26. The molecule has 6 nitrogen and oxygen atoms in total. The molecule has 0 aliphatic heterocycles. The Morgan fingerprint density at radius 2 is 1.52 bits per heavy atom. The zero-order valence-electron chi connectivity index (χ0n) is 12.5. The van der Waals surface area contributed by atoms with Crippen LogP contribution in [0, 0.1) is 5.92 Å². The van der Waals surface area contributed by atoms with Gasteiger partial charge in [0.05, 0.1) is 27.4 Å². The van der Waals surface area contributed by atoms with Gasteiger partial charge in [-0.1, -0.05) is 12.1 Å². The van der Waals surface area contributed by atoms with Crippen LogP contribution in [0.2, 0.25) is 0 Å². The monoisotopic (exact) mass is 296 g/mol. The molecule has 0 atom stereocenters. The largest absolute Gasteiger partial charge is 0.490 e. The normalized spacial score (nSPS) is 10.1. The number of hydrogen-bond donors (Lipinski definition) is 0. The number of carbonyl (C=O) groups is 2. The smallest absolute Gasteiger partial charge is 0.320 e. The highest BCUT2D eigenvalue weighted by atomic mass is 16.5. The second-order valence-corrected chi connectivity index (χ2v) is 4.12. The molecule has 1 aromatic rings. The van der Waals surface area contributed by atoms with Gasteiger partial charge in [0, 0.05) is 6.42 Å². The van der Waals surface area contributed by atoms with Crippen LogP contribution in [-0.2, 0) is 19.1 Å². The van der Waals surface area contributed by atoms with Crippen molar-refractivity contribution in [2.24, 2.45) is 5.92 Å². The highest BCUT2D eigenvalue weighted by Gasteiger charge is 2.28. The van der Waals surface area contributed by atoms with Gasteiger partial charge in [0.25, 0.3) is 0 Å². The molecule has 0 saturated carbocycles. The summed E-state index contributed by atoms with van der Waals surface area (Å²) in [5, 5.41) is 0. The third-order valence-corrected chi connectivity index (χ3v) is 2.78. The van der Waals surface area contributed by atoms with Crippen molar-refractivity contribution >= 4 is 11.9 Å². The first-order valence-corrected chi connectivity index (χ1v) is 6.64. The average Bonchev–Trinajstić information content (AvgIpc) is 2.52. The molecule has 1 rings (SSSR count). The lowest BCUT2D eigenvalue weighted by molar-refractivity contribution is -0.159. The fourth-order valence-corrected chi connectivity index (χ4v) is 1.75. The zero-order chi connectivity index (χ0) is 15.7. The van der Waals surface area contributed by atoms with Gasteiger partial charge >= 0.3 is 11.9 Å². The predicted octanol–water partition coefficient (Wildman–Crippen LogP) is 1.82. The standard InChI is InChI=1S/C15H20O6/c1-4-20-12-7-5-6-8-13(12)21-10-9-11(14(16)18-2)15(17)19-3/h5-8,11H,4,9-10H2,1-3H3. The minimum absolute atomic E-state index is 0.166. The molecule has 0 aliphatic rings. The number of carbonyl (C=O) groups excluding carboxylic acids is 2. The predicted molar refractivity (Wildman–Crippen MR) is 75.2 cm³/mol. The molecule has 0 fully saturated rings. The number of methoxy groups -OCH3 is 2. The van der Waals surface area contributed by atoms with Crippen molar-refractivity contribution in [1.29, 1.82) is 0 Å². The van der Waals surface area contributed by atoms with Crippen molar-refractivity contribution in [2.45, 2.75) is 13.3 Å². The number of hydrogen-bond acceptors (Lipinski definition) is 6. The SMILES string of the molecule is CCOc1ccccc1OCCC(C(=O)OC)C(=O)OC. The average molecular weight is 296 g/mol. The first kappa shape index (κ1) is 16.8. The van der Waals surface area contributed by atoms with Crippen LogP contribution in [0.4, 0.5) is 0 Å². The number of rotatable bonds is 8.